The van der Waals surface area contributed by atoms with Crippen molar-refractivity contribution in [3.8, 4) is 5.75 Å². The predicted molar refractivity (Wildman–Crippen MR) is 62.1 cm³/mol. The number of methoxy groups -OCH3 is 1. The number of hydrogen-bond donors (Lipinski definition) is 0. The molecule has 0 N–H and O–H groups in total. The molecule has 1 rings (SSSR count). The van der Waals surface area contributed by atoms with Crippen LogP contribution in [0.25, 0.3) is 6.08 Å². The lowest BCUT2D eigenvalue weighted by Crippen LogP contribution is -1.94. The highest BCUT2D eigenvalue weighted by atomic mass is 16.5. The Labute approximate surface area is 89.1 Å². The van der Waals surface area contributed by atoms with Crippen LogP contribution in [0.3, 0.4) is 0 Å². The minimum atomic E-state index is 0.309. The van der Waals surface area contributed by atoms with Crippen LogP contribution in [0.1, 0.15) is 11.1 Å². The van der Waals surface area contributed by atoms with E-state index in [1.165, 1.54) is 0 Å². The molecule has 0 heterocycles. The monoisotopic (exact) mass is 203 g/mol. The highest BCUT2D eigenvalue weighted by Gasteiger charge is 2.07. The van der Waals surface area contributed by atoms with E-state index >= 15 is 0 Å². The maximum atomic E-state index is 10.5. The number of carbonyl (C=O) groups excluding carboxylic acids is 1. The van der Waals surface area contributed by atoms with E-state index in [2.05, 4.69) is 18.3 Å². The summed E-state index contributed by atoms with van der Waals surface area (Å²) in [5, 5.41) is 0. The molecule has 0 unspecified atom stereocenters. The summed E-state index contributed by atoms with van der Waals surface area (Å²) in [7, 11) is 1.57. The first-order valence-corrected chi connectivity index (χ1v) is 4.50. The molecule has 0 saturated heterocycles. The van der Waals surface area contributed by atoms with E-state index in [1.807, 2.05) is 0 Å². The molecule has 0 saturated carbocycles. The molecule has 0 fully saturated rings. The maximum absolute atomic E-state index is 10.5. The molecule has 0 amide bonds. The first kappa shape index (κ1) is 11.2. The largest absolute Gasteiger partial charge is 0.496 e. The first-order chi connectivity index (χ1) is 7.26. The lowest BCUT2D eigenvalue weighted by Gasteiger charge is -2.09. The number of aldehydes is 1. The Kier molecular flexibility index (Phi) is 3.80. The normalized spacial score (nSPS) is 9.40. The lowest BCUT2D eigenvalue weighted by molar-refractivity contribution is -0.107. The van der Waals surface area contributed by atoms with Crippen LogP contribution in [0.5, 0.6) is 5.75 Å². The van der Waals surface area contributed by atoms with E-state index in [0.29, 0.717) is 17.9 Å². The molecule has 0 aliphatic carbocycles. The summed E-state index contributed by atoms with van der Waals surface area (Å²) in [5.74, 6) is 0.671. The highest BCUT2D eigenvalue weighted by molar-refractivity contribution is 5.70. The van der Waals surface area contributed by atoms with Crippen LogP contribution in [0.2, 0.25) is 0 Å². The summed E-state index contributed by atoms with van der Waals surface area (Å²) in [6.45, 7) is 7.15. The third-order valence-corrected chi connectivity index (χ3v) is 2.12. The summed E-state index contributed by atoms with van der Waals surface area (Å²) in [5.41, 5.74) is 2.36. The molecule has 0 aliphatic heterocycles. The van der Waals surface area contributed by atoms with E-state index in [-0.39, 0.29) is 0 Å². The average Bonchev–Trinajstić information content (AvgIpc) is 2.28. The van der Waals surface area contributed by atoms with E-state index in [0.717, 1.165) is 17.4 Å². The fraction of sp³-hybridized carbons (Fsp3) is 0.167. The molecule has 1 aromatic carbocycles. The zero-order chi connectivity index (χ0) is 11.3. The van der Waals surface area contributed by atoms with Gasteiger partial charge in [0.25, 0.3) is 0 Å². The number of rotatable bonds is 5. The SMILES string of the molecule is C=Cc1cc(OC)c(CC=O)cc1N=C. The molecule has 0 aromatic heterocycles. The molecule has 0 atom stereocenters. The second-order valence-electron chi connectivity index (χ2n) is 2.96. The maximum Gasteiger partial charge on any atom is 0.124 e. The smallest absolute Gasteiger partial charge is 0.124 e. The third-order valence-electron chi connectivity index (χ3n) is 2.12. The van der Waals surface area contributed by atoms with Crippen molar-refractivity contribution in [2.75, 3.05) is 7.11 Å². The molecule has 0 aliphatic rings. The highest BCUT2D eigenvalue weighted by Crippen LogP contribution is 2.29. The van der Waals surface area contributed by atoms with E-state index in [1.54, 1.807) is 25.3 Å². The minimum absolute atomic E-state index is 0.309. The number of benzene rings is 1. The zero-order valence-corrected chi connectivity index (χ0v) is 8.69. The van der Waals surface area contributed by atoms with E-state index in [4.69, 9.17) is 4.74 Å². The molecule has 78 valence electrons. The zero-order valence-electron chi connectivity index (χ0n) is 8.69. The fourth-order valence-corrected chi connectivity index (χ4v) is 1.37. The molecular formula is C12H13NO2. The van der Waals surface area contributed by atoms with Gasteiger partial charge < -0.3 is 9.53 Å². The molecule has 0 bridgehead atoms. The van der Waals surface area contributed by atoms with Crippen LogP contribution < -0.4 is 4.74 Å². The van der Waals surface area contributed by atoms with E-state index < -0.39 is 0 Å². The molecule has 0 radical (unpaired) electrons. The van der Waals surface area contributed by atoms with Crippen molar-refractivity contribution in [1.29, 1.82) is 0 Å². The third kappa shape index (κ3) is 2.31. The number of nitrogens with zero attached hydrogens (tertiary/aromatic N) is 1. The van der Waals surface area contributed by atoms with Crippen molar-refractivity contribution in [2.45, 2.75) is 6.42 Å². The van der Waals surface area contributed by atoms with Gasteiger partial charge in [0.15, 0.2) is 0 Å². The molecule has 3 nitrogen and oxygen atoms in total. The number of carbonyl (C=O) groups is 1. The lowest BCUT2D eigenvalue weighted by atomic mass is 10.1. The Hall–Kier alpha value is -1.90. The molecule has 1 aromatic rings. The van der Waals surface area contributed by atoms with E-state index in [9.17, 15) is 4.79 Å². The summed E-state index contributed by atoms with van der Waals surface area (Å²) in [6, 6.07) is 3.59. The minimum Gasteiger partial charge on any atom is -0.496 e. The van der Waals surface area contributed by atoms with Crippen molar-refractivity contribution in [1.82, 2.24) is 0 Å². The van der Waals surface area contributed by atoms with Crippen LogP contribution in [-0.2, 0) is 11.2 Å². The van der Waals surface area contributed by atoms with Gasteiger partial charge in [-0.25, -0.2) is 0 Å². The van der Waals surface area contributed by atoms with Gasteiger partial charge in [0.2, 0.25) is 0 Å². The van der Waals surface area contributed by atoms with Gasteiger partial charge in [-0.3, -0.25) is 4.99 Å². The first-order valence-electron chi connectivity index (χ1n) is 4.50. The van der Waals surface area contributed by atoms with Gasteiger partial charge in [-0.05, 0) is 18.9 Å². The van der Waals surface area contributed by atoms with Crippen LogP contribution in [-0.4, -0.2) is 20.1 Å². The summed E-state index contributed by atoms with van der Waals surface area (Å²) in [6.07, 6.45) is 2.82. The quantitative estimate of drug-likeness (QED) is 0.544. The molecule has 0 spiro atoms. The van der Waals surface area contributed by atoms with Crippen LogP contribution >= 0.6 is 0 Å². The van der Waals surface area contributed by atoms with Crippen molar-refractivity contribution in [2.24, 2.45) is 4.99 Å². The Morgan fingerprint density at radius 2 is 2.27 bits per heavy atom. The molecule has 3 heteroatoms. The Morgan fingerprint density at radius 3 is 2.73 bits per heavy atom. The van der Waals surface area contributed by atoms with Crippen LogP contribution in [0.15, 0.2) is 23.7 Å². The number of hydrogen-bond acceptors (Lipinski definition) is 3. The van der Waals surface area contributed by atoms with Crippen molar-refractivity contribution in [3.05, 3.63) is 29.8 Å². The Morgan fingerprint density at radius 1 is 1.53 bits per heavy atom. The van der Waals surface area contributed by atoms with Crippen LogP contribution in [0.4, 0.5) is 5.69 Å². The topological polar surface area (TPSA) is 38.7 Å². The Balaban J connectivity index is 3.32. The average molecular weight is 203 g/mol. The second-order valence-corrected chi connectivity index (χ2v) is 2.96. The summed E-state index contributed by atoms with van der Waals surface area (Å²) in [4.78, 5) is 14.3. The van der Waals surface area contributed by atoms with Gasteiger partial charge in [-0.15, -0.1) is 0 Å². The van der Waals surface area contributed by atoms with Crippen molar-refractivity contribution >= 4 is 24.8 Å². The second kappa shape index (κ2) is 5.10. The Bertz CT molecular complexity index is 397. The predicted octanol–water partition coefficient (Wildman–Crippen LogP) is 2.41. The standard InChI is InChI=1S/C12H13NO2/c1-4-9-8-12(15-3)10(5-6-14)7-11(9)13-2/h4,6-8H,1-2,5H2,3H3. The number of aliphatic imine (C=N–C) groups is 1. The fourth-order valence-electron chi connectivity index (χ4n) is 1.37. The van der Waals surface area contributed by atoms with Gasteiger partial charge in [0, 0.05) is 17.5 Å². The van der Waals surface area contributed by atoms with Gasteiger partial charge >= 0.3 is 0 Å². The molecule has 15 heavy (non-hydrogen) atoms. The van der Waals surface area contributed by atoms with Crippen LogP contribution in [0, 0.1) is 0 Å². The molecular weight excluding hydrogens is 190 g/mol. The van der Waals surface area contributed by atoms with Gasteiger partial charge in [-0.2, -0.15) is 0 Å². The van der Waals surface area contributed by atoms with Crippen molar-refractivity contribution in [3.63, 3.8) is 0 Å². The van der Waals surface area contributed by atoms with Gasteiger partial charge in [0.05, 0.1) is 12.8 Å². The van der Waals surface area contributed by atoms with Gasteiger partial charge in [-0.1, -0.05) is 12.7 Å². The number of ether oxygens (including phenoxy) is 1. The van der Waals surface area contributed by atoms with Crippen molar-refractivity contribution < 1.29 is 9.53 Å². The summed E-state index contributed by atoms with van der Waals surface area (Å²) < 4.78 is 5.17. The van der Waals surface area contributed by atoms with Gasteiger partial charge in [0.1, 0.15) is 12.0 Å². The summed E-state index contributed by atoms with van der Waals surface area (Å²) >= 11 is 0.